The Morgan fingerprint density at radius 3 is 2.47 bits per heavy atom. The second-order valence-corrected chi connectivity index (χ2v) is 11.3. The van der Waals surface area contributed by atoms with Gasteiger partial charge < -0.3 is 15.0 Å². The van der Waals surface area contributed by atoms with Gasteiger partial charge in [-0.15, -0.1) is 11.3 Å². The topological polar surface area (TPSA) is 96.0 Å². The van der Waals surface area contributed by atoms with Crippen molar-refractivity contribution in [2.45, 2.75) is 42.4 Å². The van der Waals surface area contributed by atoms with E-state index in [0.29, 0.717) is 42.4 Å². The van der Waals surface area contributed by atoms with Crippen molar-refractivity contribution in [2.75, 3.05) is 32.1 Å². The standard InChI is InChI=1S/C22H27N3O5S2/c1-30-17-8-6-16(7-9-17)23-22(27)19-5-4-14-25(19)20(26)15-18-10-11-21(31-18)32(28,29)24-12-2-3-13-24/h6-11,19H,2-5,12-15H2,1H3,(H,23,27). The van der Waals surface area contributed by atoms with Gasteiger partial charge in [0.15, 0.2) is 0 Å². The Bertz CT molecular complexity index is 1080. The van der Waals surface area contributed by atoms with Gasteiger partial charge in [-0.1, -0.05) is 0 Å². The molecule has 2 saturated heterocycles. The minimum Gasteiger partial charge on any atom is -0.497 e. The van der Waals surface area contributed by atoms with Crippen LogP contribution in [0.15, 0.2) is 40.6 Å². The second-order valence-electron chi connectivity index (χ2n) is 7.97. The number of sulfonamides is 1. The quantitative estimate of drug-likeness (QED) is 0.662. The summed E-state index contributed by atoms with van der Waals surface area (Å²) < 4.78 is 32.4. The fraction of sp³-hybridized carbons (Fsp3) is 0.455. The van der Waals surface area contributed by atoms with Gasteiger partial charge in [0.25, 0.3) is 10.0 Å². The zero-order valence-electron chi connectivity index (χ0n) is 18.0. The number of amides is 2. The summed E-state index contributed by atoms with van der Waals surface area (Å²) in [7, 11) is -1.91. The van der Waals surface area contributed by atoms with Gasteiger partial charge in [0.2, 0.25) is 11.8 Å². The molecule has 1 atom stereocenters. The van der Waals surface area contributed by atoms with Crippen molar-refractivity contribution in [2.24, 2.45) is 0 Å². The van der Waals surface area contributed by atoms with Crippen LogP contribution in [0.5, 0.6) is 5.75 Å². The summed E-state index contributed by atoms with van der Waals surface area (Å²) in [5.41, 5.74) is 0.644. The molecule has 2 aromatic rings. The molecular weight excluding hydrogens is 450 g/mol. The predicted molar refractivity (Wildman–Crippen MR) is 122 cm³/mol. The maximum absolute atomic E-state index is 13.0. The number of ether oxygens (including phenoxy) is 1. The number of carbonyl (C=O) groups is 2. The van der Waals surface area contributed by atoms with Gasteiger partial charge in [0.1, 0.15) is 16.0 Å². The zero-order chi connectivity index (χ0) is 22.7. The molecule has 2 fully saturated rings. The van der Waals surface area contributed by atoms with E-state index >= 15 is 0 Å². The maximum atomic E-state index is 13.0. The summed E-state index contributed by atoms with van der Waals surface area (Å²) in [6.45, 7) is 1.62. The van der Waals surface area contributed by atoms with Gasteiger partial charge in [-0.25, -0.2) is 8.42 Å². The molecule has 8 nitrogen and oxygen atoms in total. The number of anilines is 1. The van der Waals surface area contributed by atoms with Crippen LogP contribution in [0.3, 0.4) is 0 Å². The van der Waals surface area contributed by atoms with Gasteiger partial charge >= 0.3 is 0 Å². The first kappa shape index (κ1) is 22.8. The van der Waals surface area contributed by atoms with Crippen LogP contribution in [0.1, 0.15) is 30.6 Å². The van der Waals surface area contributed by atoms with Crippen LogP contribution in [-0.4, -0.2) is 62.2 Å². The molecule has 0 radical (unpaired) electrons. The van der Waals surface area contributed by atoms with E-state index in [1.807, 2.05) is 0 Å². The molecule has 2 aliphatic heterocycles. The number of hydrogen-bond acceptors (Lipinski definition) is 6. The lowest BCUT2D eigenvalue weighted by Gasteiger charge is -2.24. The summed E-state index contributed by atoms with van der Waals surface area (Å²) in [6.07, 6.45) is 3.21. The zero-order valence-corrected chi connectivity index (χ0v) is 19.6. The normalized spacial score (nSPS) is 19.3. The van der Waals surface area contributed by atoms with E-state index in [9.17, 15) is 18.0 Å². The van der Waals surface area contributed by atoms with Gasteiger partial charge in [-0.3, -0.25) is 9.59 Å². The van der Waals surface area contributed by atoms with Gasteiger partial charge in [-0.05, 0) is 62.1 Å². The lowest BCUT2D eigenvalue weighted by molar-refractivity contribution is -0.136. The first-order valence-electron chi connectivity index (χ1n) is 10.7. The third kappa shape index (κ3) is 4.82. The largest absolute Gasteiger partial charge is 0.497 e. The van der Waals surface area contributed by atoms with Crippen LogP contribution in [-0.2, 0) is 26.0 Å². The van der Waals surface area contributed by atoms with Crippen LogP contribution in [0.2, 0.25) is 0 Å². The fourth-order valence-corrected chi connectivity index (χ4v) is 7.15. The number of nitrogens with zero attached hydrogens (tertiary/aromatic N) is 2. The number of rotatable bonds is 7. The van der Waals surface area contributed by atoms with E-state index in [1.54, 1.807) is 48.4 Å². The van der Waals surface area contributed by atoms with Crippen LogP contribution in [0, 0.1) is 0 Å². The molecule has 2 aliphatic rings. The molecule has 172 valence electrons. The minimum absolute atomic E-state index is 0.0898. The van der Waals surface area contributed by atoms with Crippen molar-refractivity contribution in [3.63, 3.8) is 0 Å². The molecule has 1 aromatic heterocycles. The molecule has 4 rings (SSSR count). The van der Waals surface area contributed by atoms with Crippen LogP contribution < -0.4 is 10.1 Å². The third-order valence-electron chi connectivity index (χ3n) is 5.85. The summed E-state index contributed by atoms with van der Waals surface area (Å²) in [5.74, 6) is 0.316. The lowest BCUT2D eigenvalue weighted by Crippen LogP contribution is -2.43. The smallest absolute Gasteiger partial charge is 0.252 e. The van der Waals surface area contributed by atoms with Gasteiger partial charge in [0, 0.05) is 30.2 Å². The van der Waals surface area contributed by atoms with Crippen molar-refractivity contribution in [1.82, 2.24) is 9.21 Å². The SMILES string of the molecule is COc1ccc(NC(=O)C2CCCN2C(=O)Cc2ccc(S(=O)(=O)N3CCCC3)s2)cc1. The number of benzene rings is 1. The summed E-state index contributed by atoms with van der Waals surface area (Å²) in [4.78, 5) is 28.1. The molecule has 1 N–H and O–H groups in total. The average molecular weight is 478 g/mol. The van der Waals surface area contributed by atoms with E-state index in [2.05, 4.69) is 5.32 Å². The molecule has 1 unspecified atom stereocenters. The average Bonchev–Trinajstić information content (AvgIpc) is 3.55. The molecule has 0 spiro atoms. The fourth-order valence-electron chi connectivity index (χ4n) is 4.14. The molecule has 2 amide bonds. The molecule has 10 heteroatoms. The van der Waals surface area contributed by atoms with Crippen LogP contribution >= 0.6 is 11.3 Å². The highest BCUT2D eigenvalue weighted by Crippen LogP contribution is 2.29. The number of nitrogens with one attached hydrogen (secondary N) is 1. The van der Waals surface area contributed by atoms with Crippen molar-refractivity contribution < 1.29 is 22.7 Å². The Morgan fingerprint density at radius 2 is 1.78 bits per heavy atom. The summed E-state index contributed by atoms with van der Waals surface area (Å²) >= 11 is 1.14. The minimum atomic E-state index is -3.48. The van der Waals surface area contributed by atoms with Crippen molar-refractivity contribution >= 4 is 38.9 Å². The Kier molecular flexibility index (Phi) is 6.82. The highest BCUT2D eigenvalue weighted by molar-refractivity contribution is 7.91. The highest BCUT2D eigenvalue weighted by atomic mass is 32.2. The van der Waals surface area contributed by atoms with Crippen molar-refractivity contribution in [3.05, 3.63) is 41.3 Å². The Balaban J connectivity index is 1.39. The number of carbonyl (C=O) groups excluding carboxylic acids is 2. The van der Waals surface area contributed by atoms with Crippen LogP contribution in [0.25, 0.3) is 0 Å². The molecule has 0 aliphatic carbocycles. The molecule has 1 aromatic carbocycles. The number of thiophene rings is 1. The second kappa shape index (κ2) is 9.60. The molecule has 0 saturated carbocycles. The van der Waals surface area contributed by atoms with E-state index in [-0.39, 0.29) is 22.4 Å². The number of likely N-dealkylation sites (tertiary alicyclic amines) is 1. The Labute approximate surface area is 192 Å². The molecule has 32 heavy (non-hydrogen) atoms. The predicted octanol–water partition coefficient (Wildman–Crippen LogP) is 2.71. The summed E-state index contributed by atoms with van der Waals surface area (Å²) in [6, 6.07) is 9.79. The highest BCUT2D eigenvalue weighted by Gasteiger charge is 2.34. The first-order valence-corrected chi connectivity index (χ1v) is 13.0. The molecular formula is C22H27N3O5S2. The van der Waals surface area contributed by atoms with Crippen LogP contribution in [0.4, 0.5) is 5.69 Å². The van der Waals surface area contributed by atoms with E-state index in [4.69, 9.17) is 4.74 Å². The molecule has 0 bridgehead atoms. The van der Waals surface area contributed by atoms with Gasteiger partial charge in [-0.2, -0.15) is 4.31 Å². The summed E-state index contributed by atoms with van der Waals surface area (Å²) in [5, 5.41) is 2.87. The van der Waals surface area contributed by atoms with E-state index in [1.165, 1.54) is 4.31 Å². The van der Waals surface area contributed by atoms with E-state index < -0.39 is 16.1 Å². The van der Waals surface area contributed by atoms with Gasteiger partial charge in [0.05, 0.1) is 13.5 Å². The first-order chi connectivity index (χ1) is 15.4. The maximum Gasteiger partial charge on any atom is 0.252 e. The van der Waals surface area contributed by atoms with E-state index in [0.717, 1.165) is 30.6 Å². The van der Waals surface area contributed by atoms with Crippen molar-refractivity contribution in [1.29, 1.82) is 0 Å². The number of methoxy groups -OCH3 is 1. The number of hydrogen-bond donors (Lipinski definition) is 1. The Hall–Kier alpha value is -2.43. The Morgan fingerprint density at radius 1 is 1.06 bits per heavy atom. The monoisotopic (exact) mass is 477 g/mol. The lowest BCUT2D eigenvalue weighted by atomic mass is 10.2. The third-order valence-corrected chi connectivity index (χ3v) is 9.31. The molecule has 3 heterocycles. The van der Waals surface area contributed by atoms with Crippen molar-refractivity contribution in [3.8, 4) is 5.75 Å².